The van der Waals surface area contributed by atoms with Gasteiger partial charge < -0.3 is 0 Å². The first-order chi connectivity index (χ1) is 5.83. The van der Waals surface area contributed by atoms with Gasteiger partial charge in [-0.15, -0.1) is 0 Å². The number of nitrogens with one attached hydrogen (secondary N) is 1. The predicted molar refractivity (Wildman–Crippen MR) is 49.0 cm³/mol. The van der Waals surface area contributed by atoms with Crippen LogP contribution in [-0.2, 0) is 4.79 Å². The van der Waals surface area contributed by atoms with Crippen LogP contribution in [0.1, 0.15) is 45.4 Å². The summed E-state index contributed by atoms with van der Waals surface area (Å²) in [6.45, 7) is 2.19. The standard InChI is InChI=1S/C9H16N2O/c1-2-3-4-5-6-8-7-9(12)11-10-8/h2-7H2,1H3,(H,11,12). The molecule has 0 atom stereocenters. The van der Waals surface area contributed by atoms with Gasteiger partial charge in [0.05, 0.1) is 6.42 Å². The maximum atomic E-state index is 10.7. The van der Waals surface area contributed by atoms with Crippen molar-refractivity contribution in [3.63, 3.8) is 0 Å². The molecule has 3 heteroatoms. The van der Waals surface area contributed by atoms with Gasteiger partial charge in [0.1, 0.15) is 0 Å². The SMILES string of the molecule is CCCCCCC1=NNC(=O)C1. The molecule has 68 valence electrons. The van der Waals surface area contributed by atoms with E-state index in [-0.39, 0.29) is 5.91 Å². The Labute approximate surface area is 73.2 Å². The minimum Gasteiger partial charge on any atom is -0.273 e. The van der Waals surface area contributed by atoms with Crippen LogP contribution in [0.3, 0.4) is 0 Å². The van der Waals surface area contributed by atoms with E-state index in [1.165, 1.54) is 25.7 Å². The maximum absolute atomic E-state index is 10.7. The number of hydrazone groups is 1. The molecule has 1 aliphatic heterocycles. The van der Waals surface area contributed by atoms with E-state index >= 15 is 0 Å². The van der Waals surface area contributed by atoms with E-state index in [1.54, 1.807) is 0 Å². The summed E-state index contributed by atoms with van der Waals surface area (Å²) in [6, 6.07) is 0. The number of amides is 1. The van der Waals surface area contributed by atoms with Crippen LogP contribution in [0.2, 0.25) is 0 Å². The van der Waals surface area contributed by atoms with E-state index in [0.29, 0.717) is 6.42 Å². The van der Waals surface area contributed by atoms with E-state index in [9.17, 15) is 4.79 Å². The molecular formula is C9H16N2O. The molecule has 0 spiro atoms. The summed E-state index contributed by atoms with van der Waals surface area (Å²) in [4.78, 5) is 10.7. The molecule has 0 bridgehead atoms. The summed E-state index contributed by atoms with van der Waals surface area (Å²) in [5.41, 5.74) is 3.48. The maximum Gasteiger partial charge on any atom is 0.245 e. The smallest absolute Gasteiger partial charge is 0.245 e. The number of carbonyl (C=O) groups excluding carboxylic acids is 1. The highest BCUT2D eigenvalue weighted by Crippen LogP contribution is 2.07. The number of unbranched alkanes of at least 4 members (excludes halogenated alkanes) is 3. The fraction of sp³-hybridized carbons (Fsp3) is 0.778. The summed E-state index contributed by atoms with van der Waals surface area (Å²) in [6.07, 6.45) is 6.47. The van der Waals surface area contributed by atoms with Crippen molar-refractivity contribution < 1.29 is 4.79 Å². The molecule has 0 aromatic heterocycles. The average Bonchev–Trinajstić information content (AvgIpc) is 2.45. The van der Waals surface area contributed by atoms with Crippen LogP contribution < -0.4 is 5.43 Å². The lowest BCUT2D eigenvalue weighted by atomic mass is 10.1. The van der Waals surface area contributed by atoms with Crippen molar-refractivity contribution >= 4 is 11.6 Å². The minimum atomic E-state index is 0.0421. The Kier molecular flexibility index (Phi) is 3.77. The van der Waals surface area contributed by atoms with Gasteiger partial charge in [-0.2, -0.15) is 5.10 Å². The fourth-order valence-electron chi connectivity index (χ4n) is 1.31. The first kappa shape index (κ1) is 9.23. The fourth-order valence-corrected chi connectivity index (χ4v) is 1.31. The lowest BCUT2D eigenvalue weighted by molar-refractivity contribution is -0.119. The zero-order chi connectivity index (χ0) is 8.81. The molecule has 1 amide bonds. The molecular weight excluding hydrogens is 152 g/mol. The molecule has 1 heterocycles. The molecule has 3 nitrogen and oxygen atoms in total. The molecule has 0 saturated heterocycles. The van der Waals surface area contributed by atoms with Crippen molar-refractivity contribution in [2.24, 2.45) is 5.10 Å². The number of rotatable bonds is 5. The second-order valence-corrected chi connectivity index (χ2v) is 3.20. The zero-order valence-electron chi connectivity index (χ0n) is 7.60. The summed E-state index contributed by atoms with van der Waals surface area (Å²) in [7, 11) is 0. The third-order valence-corrected chi connectivity index (χ3v) is 2.02. The van der Waals surface area contributed by atoms with E-state index < -0.39 is 0 Å². The Balaban J connectivity index is 2.04. The van der Waals surface area contributed by atoms with Crippen molar-refractivity contribution in [1.29, 1.82) is 0 Å². The van der Waals surface area contributed by atoms with Crippen LogP contribution in [0, 0.1) is 0 Å². The molecule has 0 fully saturated rings. The van der Waals surface area contributed by atoms with E-state index in [1.807, 2.05) is 0 Å². The Morgan fingerprint density at radius 3 is 2.83 bits per heavy atom. The predicted octanol–water partition coefficient (Wildman–Crippen LogP) is 1.83. The Morgan fingerprint density at radius 2 is 2.25 bits per heavy atom. The van der Waals surface area contributed by atoms with Crippen molar-refractivity contribution in [1.82, 2.24) is 5.43 Å². The number of hydrogen-bond acceptors (Lipinski definition) is 2. The molecule has 12 heavy (non-hydrogen) atoms. The average molecular weight is 168 g/mol. The third-order valence-electron chi connectivity index (χ3n) is 2.02. The Hall–Kier alpha value is -0.860. The molecule has 0 unspecified atom stereocenters. The molecule has 0 aliphatic carbocycles. The second kappa shape index (κ2) is 4.91. The van der Waals surface area contributed by atoms with Crippen molar-refractivity contribution in [2.75, 3.05) is 0 Å². The monoisotopic (exact) mass is 168 g/mol. The van der Waals surface area contributed by atoms with E-state index in [2.05, 4.69) is 17.5 Å². The topological polar surface area (TPSA) is 41.5 Å². The highest BCUT2D eigenvalue weighted by Gasteiger charge is 2.12. The molecule has 1 aliphatic rings. The Bertz CT molecular complexity index is 187. The van der Waals surface area contributed by atoms with Gasteiger partial charge in [-0.3, -0.25) is 4.79 Å². The molecule has 1 rings (SSSR count). The van der Waals surface area contributed by atoms with Crippen LogP contribution in [0.5, 0.6) is 0 Å². The van der Waals surface area contributed by atoms with Gasteiger partial charge in [-0.05, 0) is 12.8 Å². The molecule has 1 N–H and O–H groups in total. The van der Waals surface area contributed by atoms with Gasteiger partial charge in [0, 0.05) is 5.71 Å². The summed E-state index contributed by atoms with van der Waals surface area (Å²) in [5, 5.41) is 3.93. The zero-order valence-corrected chi connectivity index (χ0v) is 7.60. The minimum absolute atomic E-state index is 0.0421. The van der Waals surface area contributed by atoms with Gasteiger partial charge in [0.2, 0.25) is 5.91 Å². The lowest BCUT2D eigenvalue weighted by Crippen LogP contribution is -2.09. The highest BCUT2D eigenvalue weighted by atomic mass is 16.2. The first-order valence-corrected chi connectivity index (χ1v) is 4.67. The van der Waals surface area contributed by atoms with Crippen LogP contribution in [0.4, 0.5) is 0 Å². The van der Waals surface area contributed by atoms with Gasteiger partial charge in [-0.1, -0.05) is 26.2 Å². The van der Waals surface area contributed by atoms with Gasteiger partial charge in [-0.25, -0.2) is 5.43 Å². The summed E-state index contributed by atoms with van der Waals surface area (Å²) < 4.78 is 0. The van der Waals surface area contributed by atoms with Crippen molar-refractivity contribution in [2.45, 2.75) is 45.4 Å². The lowest BCUT2D eigenvalue weighted by Gasteiger charge is -1.96. The van der Waals surface area contributed by atoms with Crippen LogP contribution in [0.25, 0.3) is 0 Å². The van der Waals surface area contributed by atoms with Gasteiger partial charge in [0.15, 0.2) is 0 Å². The van der Waals surface area contributed by atoms with Crippen LogP contribution in [-0.4, -0.2) is 11.6 Å². The molecule has 0 aromatic carbocycles. The second-order valence-electron chi connectivity index (χ2n) is 3.20. The van der Waals surface area contributed by atoms with Crippen LogP contribution >= 0.6 is 0 Å². The summed E-state index contributed by atoms with van der Waals surface area (Å²) >= 11 is 0. The van der Waals surface area contributed by atoms with Gasteiger partial charge >= 0.3 is 0 Å². The molecule has 0 radical (unpaired) electrons. The highest BCUT2D eigenvalue weighted by molar-refractivity contribution is 6.04. The van der Waals surface area contributed by atoms with Crippen molar-refractivity contribution in [3.8, 4) is 0 Å². The van der Waals surface area contributed by atoms with E-state index in [0.717, 1.165) is 12.1 Å². The number of nitrogens with zero attached hydrogens (tertiary/aromatic N) is 1. The Morgan fingerprint density at radius 1 is 1.42 bits per heavy atom. The first-order valence-electron chi connectivity index (χ1n) is 4.67. The molecule has 0 saturated carbocycles. The summed E-state index contributed by atoms with van der Waals surface area (Å²) in [5.74, 6) is 0.0421. The number of carbonyl (C=O) groups is 1. The van der Waals surface area contributed by atoms with Gasteiger partial charge in [0.25, 0.3) is 0 Å². The van der Waals surface area contributed by atoms with E-state index in [4.69, 9.17) is 0 Å². The normalized spacial score (nSPS) is 16.1. The quantitative estimate of drug-likeness (QED) is 0.625. The third kappa shape index (κ3) is 3.03. The number of hydrogen-bond donors (Lipinski definition) is 1. The van der Waals surface area contributed by atoms with Crippen molar-refractivity contribution in [3.05, 3.63) is 0 Å². The molecule has 0 aromatic rings. The largest absolute Gasteiger partial charge is 0.273 e. The van der Waals surface area contributed by atoms with Crippen LogP contribution in [0.15, 0.2) is 5.10 Å².